The van der Waals surface area contributed by atoms with E-state index in [0.29, 0.717) is 19.5 Å². The van der Waals surface area contributed by atoms with E-state index in [0.717, 1.165) is 23.8 Å². The quantitative estimate of drug-likeness (QED) is 0.929. The molecule has 1 aromatic heterocycles. The van der Waals surface area contributed by atoms with Crippen molar-refractivity contribution in [1.29, 1.82) is 0 Å². The van der Waals surface area contributed by atoms with Gasteiger partial charge in [-0.15, -0.1) is 10.2 Å². The van der Waals surface area contributed by atoms with E-state index in [2.05, 4.69) is 16.3 Å². The average molecular weight is 300 g/mol. The molecule has 116 valence electrons. The zero-order valence-corrected chi connectivity index (χ0v) is 12.9. The van der Waals surface area contributed by atoms with Crippen LogP contribution in [0.15, 0.2) is 24.3 Å². The van der Waals surface area contributed by atoms with Gasteiger partial charge in [-0.25, -0.2) is 0 Å². The van der Waals surface area contributed by atoms with Crippen LogP contribution in [-0.4, -0.2) is 36.8 Å². The highest BCUT2D eigenvalue weighted by atomic mass is 16.4. The monoisotopic (exact) mass is 300 g/mol. The van der Waals surface area contributed by atoms with Crippen molar-refractivity contribution in [3.63, 3.8) is 0 Å². The minimum Gasteiger partial charge on any atom is -0.480 e. The molecule has 1 N–H and O–H groups in total. The first-order valence-corrected chi connectivity index (χ1v) is 7.52. The molecule has 0 bridgehead atoms. The van der Waals surface area contributed by atoms with Crippen molar-refractivity contribution in [2.75, 3.05) is 0 Å². The Morgan fingerprint density at radius 2 is 2.05 bits per heavy atom. The molecular weight excluding hydrogens is 280 g/mol. The molecule has 0 fully saturated rings. The number of aryl methyl sites for hydroxylation is 1. The number of hydrogen-bond donors (Lipinski definition) is 1. The van der Waals surface area contributed by atoms with Gasteiger partial charge in [0.15, 0.2) is 0 Å². The number of carbonyl (C=O) groups is 1. The third kappa shape index (κ3) is 2.62. The fourth-order valence-electron chi connectivity index (χ4n) is 3.12. The van der Waals surface area contributed by atoms with Crippen LogP contribution in [0.3, 0.4) is 0 Å². The fourth-order valence-corrected chi connectivity index (χ4v) is 3.12. The fraction of sp³-hybridized carbons (Fsp3) is 0.438. The number of fused-ring (bicyclic) bond motifs is 1. The van der Waals surface area contributed by atoms with Crippen LogP contribution in [0.5, 0.6) is 0 Å². The van der Waals surface area contributed by atoms with Crippen LogP contribution >= 0.6 is 0 Å². The molecule has 1 aliphatic heterocycles. The number of aromatic nitrogens is 3. The smallest absolute Gasteiger partial charge is 0.321 e. The molecule has 0 spiro atoms. The Morgan fingerprint density at radius 3 is 2.73 bits per heavy atom. The summed E-state index contributed by atoms with van der Waals surface area (Å²) in [5.41, 5.74) is 2.32. The number of aliphatic carboxylic acids is 1. The highest BCUT2D eigenvalue weighted by molar-refractivity contribution is 5.74. The van der Waals surface area contributed by atoms with Gasteiger partial charge >= 0.3 is 5.97 Å². The van der Waals surface area contributed by atoms with Crippen LogP contribution in [0.4, 0.5) is 0 Å². The van der Waals surface area contributed by atoms with Crippen molar-refractivity contribution in [2.45, 2.75) is 45.9 Å². The van der Waals surface area contributed by atoms with Crippen LogP contribution in [-0.2, 0) is 30.8 Å². The van der Waals surface area contributed by atoms with E-state index in [1.165, 1.54) is 5.56 Å². The minimum absolute atomic E-state index is 0.500. The van der Waals surface area contributed by atoms with Crippen LogP contribution in [0.1, 0.15) is 29.7 Å². The topological polar surface area (TPSA) is 71.2 Å². The SMILES string of the molecule is CCn1c(C)nnc1CN1Cc2ccccc2CC1C(=O)O. The molecule has 0 saturated heterocycles. The Kier molecular flexibility index (Phi) is 3.94. The van der Waals surface area contributed by atoms with Gasteiger partial charge in [-0.05, 0) is 31.4 Å². The molecule has 2 heterocycles. The molecule has 1 aliphatic rings. The molecule has 6 nitrogen and oxygen atoms in total. The summed E-state index contributed by atoms with van der Waals surface area (Å²) in [4.78, 5) is 13.6. The van der Waals surface area contributed by atoms with E-state index < -0.39 is 12.0 Å². The van der Waals surface area contributed by atoms with Gasteiger partial charge in [-0.2, -0.15) is 0 Å². The van der Waals surface area contributed by atoms with Gasteiger partial charge in [0.25, 0.3) is 0 Å². The number of rotatable bonds is 4. The summed E-state index contributed by atoms with van der Waals surface area (Å²) in [5, 5.41) is 17.9. The maximum absolute atomic E-state index is 11.6. The molecule has 0 aliphatic carbocycles. The van der Waals surface area contributed by atoms with Gasteiger partial charge in [-0.3, -0.25) is 9.69 Å². The lowest BCUT2D eigenvalue weighted by Gasteiger charge is -2.34. The zero-order valence-electron chi connectivity index (χ0n) is 12.9. The third-order valence-electron chi connectivity index (χ3n) is 4.30. The average Bonchev–Trinajstić information content (AvgIpc) is 2.86. The van der Waals surface area contributed by atoms with Crippen molar-refractivity contribution in [3.05, 3.63) is 47.0 Å². The van der Waals surface area contributed by atoms with E-state index in [1.54, 1.807) is 0 Å². The second kappa shape index (κ2) is 5.88. The lowest BCUT2D eigenvalue weighted by atomic mass is 9.94. The normalized spacial score (nSPS) is 18.2. The first-order chi connectivity index (χ1) is 10.6. The maximum atomic E-state index is 11.6. The summed E-state index contributed by atoms with van der Waals surface area (Å²) >= 11 is 0. The van der Waals surface area contributed by atoms with Crippen molar-refractivity contribution in [2.24, 2.45) is 0 Å². The van der Waals surface area contributed by atoms with Crippen LogP contribution in [0.2, 0.25) is 0 Å². The molecule has 2 aromatic rings. The van der Waals surface area contributed by atoms with Crippen molar-refractivity contribution in [3.8, 4) is 0 Å². The lowest BCUT2D eigenvalue weighted by Crippen LogP contribution is -2.45. The Hall–Kier alpha value is -2.21. The molecule has 0 saturated carbocycles. The van der Waals surface area contributed by atoms with Gasteiger partial charge in [-0.1, -0.05) is 24.3 Å². The number of hydrogen-bond acceptors (Lipinski definition) is 4. The predicted molar refractivity (Wildman–Crippen MR) is 81.2 cm³/mol. The van der Waals surface area contributed by atoms with Gasteiger partial charge in [0, 0.05) is 13.1 Å². The Morgan fingerprint density at radius 1 is 1.32 bits per heavy atom. The molecular formula is C16H20N4O2. The summed E-state index contributed by atoms with van der Waals surface area (Å²) in [6, 6.07) is 7.52. The van der Waals surface area contributed by atoms with E-state index in [-0.39, 0.29) is 0 Å². The molecule has 1 atom stereocenters. The Balaban J connectivity index is 1.89. The molecule has 22 heavy (non-hydrogen) atoms. The number of nitrogens with zero attached hydrogens (tertiary/aromatic N) is 4. The standard InChI is InChI=1S/C16H20N4O2/c1-3-20-11(2)17-18-15(20)10-19-9-13-7-5-4-6-12(13)8-14(19)16(21)22/h4-7,14H,3,8-10H2,1-2H3,(H,21,22). The summed E-state index contributed by atoms with van der Waals surface area (Å²) in [6.45, 7) is 5.87. The third-order valence-corrected chi connectivity index (χ3v) is 4.30. The predicted octanol–water partition coefficient (Wildman–Crippen LogP) is 1.62. The van der Waals surface area contributed by atoms with Crippen LogP contribution < -0.4 is 0 Å². The van der Waals surface area contributed by atoms with E-state index in [1.807, 2.05) is 41.5 Å². The summed E-state index contributed by atoms with van der Waals surface area (Å²) in [6.07, 6.45) is 0.532. The van der Waals surface area contributed by atoms with E-state index in [4.69, 9.17) is 0 Å². The summed E-state index contributed by atoms with van der Waals surface area (Å²) in [7, 11) is 0. The number of carboxylic acid groups (broad SMARTS) is 1. The van der Waals surface area contributed by atoms with Crippen LogP contribution in [0.25, 0.3) is 0 Å². The molecule has 6 heteroatoms. The second-order valence-electron chi connectivity index (χ2n) is 5.64. The van der Waals surface area contributed by atoms with Crippen molar-refractivity contribution < 1.29 is 9.90 Å². The Bertz CT molecular complexity index is 695. The molecule has 0 amide bonds. The molecule has 0 radical (unpaired) electrons. The van der Waals surface area contributed by atoms with E-state index >= 15 is 0 Å². The summed E-state index contributed by atoms with van der Waals surface area (Å²) in [5.74, 6) is 0.904. The van der Waals surface area contributed by atoms with Gasteiger partial charge in [0.05, 0.1) is 6.54 Å². The second-order valence-corrected chi connectivity index (χ2v) is 5.64. The lowest BCUT2D eigenvalue weighted by molar-refractivity contribution is -0.144. The van der Waals surface area contributed by atoms with Crippen molar-refractivity contribution >= 4 is 5.97 Å². The Labute approximate surface area is 129 Å². The minimum atomic E-state index is -0.784. The molecule has 3 rings (SSSR count). The van der Waals surface area contributed by atoms with Gasteiger partial charge < -0.3 is 9.67 Å². The van der Waals surface area contributed by atoms with Crippen molar-refractivity contribution in [1.82, 2.24) is 19.7 Å². The largest absolute Gasteiger partial charge is 0.480 e. The number of carboxylic acids is 1. The first kappa shape index (κ1) is 14.7. The maximum Gasteiger partial charge on any atom is 0.321 e. The number of benzene rings is 1. The first-order valence-electron chi connectivity index (χ1n) is 7.52. The zero-order chi connectivity index (χ0) is 15.7. The molecule has 1 aromatic carbocycles. The van der Waals surface area contributed by atoms with Crippen LogP contribution in [0, 0.1) is 6.92 Å². The summed E-state index contributed by atoms with van der Waals surface area (Å²) < 4.78 is 2.03. The highest BCUT2D eigenvalue weighted by Gasteiger charge is 2.32. The van der Waals surface area contributed by atoms with Gasteiger partial charge in [0.1, 0.15) is 17.7 Å². The van der Waals surface area contributed by atoms with Gasteiger partial charge in [0.2, 0.25) is 0 Å². The molecule has 1 unspecified atom stereocenters. The highest BCUT2D eigenvalue weighted by Crippen LogP contribution is 2.25. The van der Waals surface area contributed by atoms with E-state index in [9.17, 15) is 9.90 Å².